The van der Waals surface area contributed by atoms with Crippen molar-refractivity contribution in [2.45, 2.75) is 25.7 Å². The first-order chi connectivity index (χ1) is 32.2. The molecule has 0 spiro atoms. The van der Waals surface area contributed by atoms with E-state index in [0.717, 1.165) is 44.3 Å². The summed E-state index contributed by atoms with van der Waals surface area (Å²) in [6.07, 6.45) is 1.11. The molecule has 2 aliphatic carbocycles. The number of ketones is 1. The van der Waals surface area contributed by atoms with Crippen molar-refractivity contribution in [2.75, 3.05) is 9.80 Å². The quantitative estimate of drug-likeness (QED) is 0.122. The molecule has 8 aromatic rings. The molecule has 0 N–H and O–H groups in total. The number of aromatic nitrogens is 2. The molecule has 0 saturated carbocycles. The number of amides is 4. The number of hydrogen-bond acceptors (Lipinski definition) is 7. The van der Waals surface area contributed by atoms with Crippen LogP contribution < -0.4 is 9.80 Å². The van der Waals surface area contributed by atoms with Crippen molar-refractivity contribution in [3.63, 3.8) is 0 Å². The molecular formula is C55H38N4O7. The van der Waals surface area contributed by atoms with E-state index in [2.05, 4.69) is 0 Å². The van der Waals surface area contributed by atoms with E-state index < -0.39 is 23.7 Å². The van der Waals surface area contributed by atoms with Gasteiger partial charge in [-0.05, 0) is 109 Å². The molecular weight excluding hydrogens is 829 g/mol. The second kappa shape index (κ2) is 14.9. The molecule has 2 aromatic heterocycles. The van der Waals surface area contributed by atoms with E-state index in [1.165, 1.54) is 9.80 Å². The number of benzene rings is 6. The minimum atomic E-state index is -0.651. The van der Waals surface area contributed by atoms with Gasteiger partial charge in [0.25, 0.3) is 11.8 Å². The van der Waals surface area contributed by atoms with E-state index in [0.29, 0.717) is 46.5 Å². The highest BCUT2D eigenvalue weighted by molar-refractivity contribution is 6.24. The van der Waals surface area contributed by atoms with Crippen LogP contribution in [0, 0.1) is 23.7 Å². The Morgan fingerprint density at radius 1 is 0.364 bits per heavy atom. The largest absolute Gasteiger partial charge is 0.289 e. The van der Waals surface area contributed by atoms with Crippen molar-refractivity contribution < 1.29 is 33.6 Å². The smallest absolute Gasteiger partial charge is 0.262 e. The molecule has 11 nitrogen and oxygen atoms in total. The SMILES string of the molecule is O=C(c1ccc(N2C(=O)[C@H]3Cc4c(n(C(=O)c5ccccc5)c5ccccc45)C[C@H]3C2=O)cc1)c1ccc(N2C(=O)[C@H]3Cc4c(n(C(=O)c5ccccc5)c5ccccc45)C[C@H]3C2=O)cc1. The van der Waals surface area contributed by atoms with Crippen LogP contribution in [0.2, 0.25) is 0 Å². The highest BCUT2D eigenvalue weighted by Crippen LogP contribution is 2.45. The molecule has 2 aliphatic heterocycles. The van der Waals surface area contributed by atoms with Gasteiger partial charge in [-0.1, -0.05) is 72.8 Å². The molecule has 6 aromatic carbocycles. The molecule has 66 heavy (non-hydrogen) atoms. The molecule has 2 saturated heterocycles. The van der Waals surface area contributed by atoms with Gasteiger partial charge in [-0.15, -0.1) is 0 Å². The van der Waals surface area contributed by atoms with Gasteiger partial charge in [-0.25, -0.2) is 0 Å². The number of anilines is 2. The zero-order chi connectivity index (χ0) is 45.0. The topological polar surface area (TPSA) is 136 Å². The van der Waals surface area contributed by atoms with Gasteiger partial charge in [0.15, 0.2) is 5.78 Å². The molecule has 4 aliphatic rings. The van der Waals surface area contributed by atoms with Crippen molar-refractivity contribution in [3.05, 3.63) is 202 Å². The van der Waals surface area contributed by atoms with E-state index in [9.17, 15) is 33.6 Å². The number of fused-ring (bicyclic) bond motifs is 8. The van der Waals surface area contributed by atoms with Crippen LogP contribution in [0.3, 0.4) is 0 Å². The Morgan fingerprint density at radius 2 is 0.697 bits per heavy atom. The van der Waals surface area contributed by atoms with Gasteiger partial charge in [0.2, 0.25) is 23.6 Å². The Bertz CT molecular complexity index is 3200. The zero-order valence-corrected chi connectivity index (χ0v) is 35.3. The number of hydrogen-bond donors (Lipinski definition) is 0. The lowest BCUT2D eigenvalue weighted by Gasteiger charge is -2.23. The lowest BCUT2D eigenvalue weighted by Crippen LogP contribution is -2.31. The van der Waals surface area contributed by atoms with Crippen LogP contribution in [0.4, 0.5) is 11.4 Å². The molecule has 11 heteroatoms. The van der Waals surface area contributed by atoms with Crippen molar-refractivity contribution in [3.8, 4) is 0 Å². The third kappa shape index (κ3) is 5.78. The predicted octanol–water partition coefficient (Wildman–Crippen LogP) is 8.01. The van der Waals surface area contributed by atoms with Gasteiger partial charge < -0.3 is 0 Å². The number of imide groups is 2. The minimum Gasteiger partial charge on any atom is -0.289 e. The van der Waals surface area contributed by atoms with Crippen LogP contribution in [0.25, 0.3) is 21.8 Å². The second-order valence-corrected chi connectivity index (χ2v) is 17.6. The third-order valence-electron chi connectivity index (χ3n) is 14.2. The second-order valence-electron chi connectivity index (χ2n) is 17.6. The average molecular weight is 867 g/mol. The van der Waals surface area contributed by atoms with E-state index in [1.54, 1.807) is 81.9 Å². The minimum absolute atomic E-state index is 0.191. The highest BCUT2D eigenvalue weighted by Gasteiger charge is 2.53. The highest BCUT2D eigenvalue weighted by atomic mass is 16.2. The van der Waals surface area contributed by atoms with Crippen molar-refractivity contribution >= 4 is 74.4 Å². The summed E-state index contributed by atoms with van der Waals surface area (Å²) >= 11 is 0. The van der Waals surface area contributed by atoms with Gasteiger partial charge in [-0.3, -0.25) is 52.5 Å². The van der Waals surface area contributed by atoms with Gasteiger partial charge in [0.05, 0.1) is 46.1 Å². The summed E-state index contributed by atoms with van der Waals surface area (Å²) in [5.74, 6) is -4.51. The summed E-state index contributed by atoms with van der Waals surface area (Å²) in [6.45, 7) is 0. The molecule has 320 valence electrons. The number of nitrogens with zero attached hydrogens (tertiary/aromatic N) is 4. The Morgan fingerprint density at radius 3 is 1.08 bits per heavy atom. The standard InChI is InChI=1S/C55H38N4O7/c60-49(31-19-23-35(24-20-31)56-52(63)41-27-39-37-15-7-9-17-45(37)58(47(39)29-43(41)54(56)65)50(61)33-11-3-1-4-12-33)32-21-25-36(26-22-32)57-53(64)42-28-40-38-16-8-10-18-46(38)59(48(40)30-44(42)55(57)66)51(62)34-13-5-2-6-14-34/h1-26,41-44H,27-30H2/t41-,42-,43+,44+/m0/s1. The van der Waals surface area contributed by atoms with Crippen LogP contribution in [0.5, 0.6) is 0 Å². The van der Waals surface area contributed by atoms with E-state index in [4.69, 9.17) is 0 Å². The lowest BCUT2D eigenvalue weighted by molar-refractivity contribution is -0.124. The van der Waals surface area contributed by atoms with Gasteiger partial charge in [-0.2, -0.15) is 0 Å². The molecule has 4 atom stereocenters. The van der Waals surface area contributed by atoms with E-state index in [-0.39, 0.29) is 54.1 Å². The molecule has 0 unspecified atom stereocenters. The third-order valence-corrected chi connectivity index (χ3v) is 14.2. The Labute approximate surface area is 377 Å². The molecule has 2 fully saturated rings. The first kappa shape index (κ1) is 39.3. The molecule has 0 bridgehead atoms. The van der Waals surface area contributed by atoms with E-state index in [1.807, 2.05) is 84.9 Å². The number of carbonyl (C=O) groups excluding carboxylic acids is 7. The number of carbonyl (C=O) groups is 7. The van der Waals surface area contributed by atoms with E-state index >= 15 is 0 Å². The summed E-state index contributed by atoms with van der Waals surface area (Å²) in [5, 5.41) is 1.77. The summed E-state index contributed by atoms with van der Waals surface area (Å²) < 4.78 is 3.40. The maximum atomic E-state index is 14.1. The Hall–Kier alpha value is -8.31. The van der Waals surface area contributed by atoms with Gasteiger partial charge >= 0.3 is 0 Å². The first-order valence-corrected chi connectivity index (χ1v) is 22.1. The predicted molar refractivity (Wildman–Crippen MR) is 246 cm³/mol. The fourth-order valence-electron chi connectivity index (χ4n) is 11.0. The number of rotatable bonds is 6. The maximum absolute atomic E-state index is 14.1. The average Bonchev–Trinajstić information content (AvgIpc) is 4.03. The fraction of sp³-hybridized carbons (Fsp3) is 0.145. The zero-order valence-electron chi connectivity index (χ0n) is 35.3. The van der Waals surface area contributed by atoms with Crippen molar-refractivity contribution in [1.29, 1.82) is 0 Å². The monoisotopic (exact) mass is 866 g/mol. The lowest BCUT2D eigenvalue weighted by atomic mass is 9.79. The fourth-order valence-corrected chi connectivity index (χ4v) is 11.0. The Balaban J connectivity index is 0.763. The first-order valence-electron chi connectivity index (χ1n) is 22.1. The summed E-state index contributed by atoms with van der Waals surface area (Å²) in [7, 11) is 0. The van der Waals surface area contributed by atoms with Crippen molar-refractivity contribution in [1.82, 2.24) is 9.13 Å². The molecule has 12 rings (SSSR count). The summed E-state index contributed by atoms with van der Waals surface area (Å²) in [6, 6.07) is 46.0. The van der Waals surface area contributed by atoms with Crippen LogP contribution >= 0.6 is 0 Å². The maximum Gasteiger partial charge on any atom is 0.262 e. The normalized spacial score (nSPS) is 19.8. The van der Waals surface area contributed by atoms with Crippen LogP contribution in [0.15, 0.2) is 158 Å². The van der Waals surface area contributed by atoms with Crippen molar-refractivity contribution in [2.24, 2.45) is 23.7 Å². The van der Waals surface area contributed by atoms with Crippen LogP contribution in [0.1, 0.15) is 59.2 Å². The molecule has 0 radical (unpaired) electrons. The van der Waals surface area contributed by atoms with Crippen LogP contribution in [-0.4, -0.2) is 50.4 Å². The molecule has 4 amide bonds. The van der Waals surface area contributed by atoms with Gasteiger partial charge in [0, 0.05) is 57.3 Å². The Kier molecular flexibility index (Phi) is 8.86. The number of para-hydroxylation sites is 2. The van der Waals surface area contributed by atoms with Gasteiger partial charge in [0.1, 0.15) is 0 Å². The van der Waals surface area contributed by atoms with Crippen LogP contribution in [-0.2, 0) is 44.9 Å². The molecule has 4 heterocycles. The summed E-state index contributed by atoms with van der Waals surface area (Å²) in [5.41, 5.74) is 7.19. The summed E-state index contributed by atoms with van der Waals surface area (Å²) in [4.78, 5) is 100.